The molecule has 0 aliphatic heterocycles. The zero-order valence-corrected chi connectivity index (χ0v) is 13.8. The van der Waals surface area contributed by atoms with Gasteiger partial charge in [-0.1, -0.05) is 15.9 Å². The number of carbonyl (C=O) groups is 1. The number of ketones is 1. The Hall–Kier alpha value is -1.62. The molecule has 0 bridgehead atoms. The molecular weight excluding hydrogens is 337 g/mol. The summed E-state index contributed by atoms with van der Waals surface area (Å²) in [6.07, 6.45) is 0. The lowest BCUT2D eigenvalue weighted by molar-refractivity contribution is 0.0918. The minimum absolute atomic E-state index is 0.0795. The predicted octanol–water partition coefficient (Wildman–Crippen LogP) is 4.29. The van der Waals surface area contributed by atoms with E-state index in [2.05, 4.69) is 20.5 Å². The Labute approximate surface area is 131 Å². The number of halogens is 2. The van der Waals surface area contributed by atoms with Gasteiger partial charge in [0, 0.05) is 28.0 Å². The molecule has 0 N–H and O–H groups in total. The summed E-state index contributed by atoms with van der Waals surface area (Å²) in [6.45, 7) is 6.54. The van der Waals surface area contributed by atoms with Crippen molar-refractivity contribution in [3.05, 3.63) is 51.5 Å². The van der Waals surface area contributed by atoms with Gasteiger partial charge in [-0.3, -0.25) is 4.79 Å². The van der Waals surface area contributed by atoms with Crippen LogP contribution in [-0.2, 0) is 6.54 Å². The number of rotatable bonds is 5. The first kappa shape index (κ1) is 15.8. The predicted molar refractivity (Wildman–Crippen MR) is 83.5 cm³/mol. The molecule has 21 heavy (non-hydrogen) atoms. The second-order valence-corrected chi connectivity index (χ2v) is 5.73. The first-order valence-corrected chi connectivity index (χ1v) is 7.51. The van der Waals surface area contributed by atoms with Crippen molar-refractivity contribution in [1.29, 1.82) is 0 Å². The summed E-state index contributed by atoms with van der Waals surface area (Å²) < 4.78 is 21.6. The van der Waals surface area contributed by atoms with Crippen LogP contribution in [0.3, 0.4) is 0 Å². The van der Waals surface area contributed by atoms with Gasteiger partial charge in [0.15, 0.2) is 18.2 Å². The highest BCUT2D eigenvalue weighted by Gasteiger charge is 2.16. The number of benzene rings is 1. The third-order valence-electron chi connectivity index (χ3n) is 3.44. The van der Waals surface area contributed by atoms with E-state index in [1.807, 2.05) is 26.8 Å². The van der Waals surface area contributed by atoms with Gasteiger partial charge < -0.3 is 9.30 Å². The van der Waals surface area contributed by atoms with Crippen LogP contribution >= 0.6 is 15.9 Å². The molecule has 5 heteroatoms. The van der Waals surface area contributed by atoms with Crippen molar-refractivity contribution in [2.24, 2.45) is 0 Å². The fourth-order valence-electron chi connectivity index (χ4n) is 2.38. The first-order valence-electron chi connectivity index (χ1n) is 6.71. The lowest BCUT2D eigenvalue weighted by atomic mass is 10.1. The number of hydrogen-bond acceptors (Lipinski definition) is 2. The Bertz CT molecular complexity index is 679. The maximum atomic E-state index is 13.6. The fourth-order valence-corrected chi connectivity index (χ4v) is 2.72. The largest absolute Gasteiger partial charge is 0.482 e. The standard InChI is InChI=1S/C16H17BrFNO2/c1-4-19-10(2)7-13(11(19)3)15(20)9-21-16-6-5-12(17)8-14(16)18/h5-8H,4,9H2,1-3H3. The number of aromatic nitrogens is 1. The molecule has 0 spiro atoms. The van der Waals surface area contributed by atoms with E-state index in [1.165, 1.54) is 12.1 Å². The maximum absolute atomic E-state index is 13.6. The Kier molecular flexibility index (Phi) is 4.83. The molecule has 0 saturated carbocycles. The Morgan fingerprint density at radius 1 is 1.33 bits per heavy atom. The van der Waals surface area contributed by atoms with E-state index in [9.17, 15) is 9.18 Å². The second kappa shape index (κ2) is 6.43. The zero-order chi connectivity index (χ0) is 15.6. The van der Waals surface area contributed by atoms with Gasteiger partial charge in [-0.05, 0) is 45.0 Å². The topological polar surface area (TPSA) is 31.2 Å². The van der Waals surface area contributed by atoms with Gasteiger partial charge in [-0.15, -0.1) is 0 Å². The van der Waals surface area contributed by atoms with Crippen molar-refractivity contribution in [2.45, 2.75) is 27.3 Å². The SMILES string of the molecule is CCn1c(C)cc(C(=O)COc2ccc(Br)cc2F)c1C. The normalized spacial score (nSPS) is 10.7. The summed E-state index contributed by atoms with van der Waals surface area (Å²) >= 11 is 3.18. The number of ether oxygens (including phenoxy) is 1. The van der Waals surface area contributed by atoms with E-state index in [-0.39, 0.29) is 18.1 Å². The van der Waals surface area contributed by atoms with Gasteiger partial charge in [-0.25, -0.2) is 4.39 Å². The third-order valence-corrected chi connectivity index (χ3v) is 3.94. The highest BCUT2D eigenvalue weighted by Crippen LogP contribution is 2.22. The molecular formula is C16H17BrFNO2. The van der Waals surface area contributed by atoms with Crippen molar-refractivity contribution in [1.82, 2.24) is 4.57 Å². The summed E-state index contributed by atoms with van der Waals surface area (Å²) in [4.78, 5) is 12.2. The summed E-state index contributed by atoms with van der Waals surface area (Å²) in [5.74, 6) is -0.558. The van der Waals surface area contributed by atoms with Gasteiger partial charge in [-0.2, -0.15) is 0 Å². The maximum Gasteiger partial charge on any atom is 0.202 e. The van der Waals surface area contributed by atoms with E-state index in [0.717, 1.165) is 17.9 Å². The number of carbonyl (C=O) groups excluding carboxylic acids is 1. The third kappa shape index (κ3) is 3.35. The van der Waals surface area contributed by atoms with Crippen LogP contribution < -0.4 is 4.74 Å². The van der Waals surface area contributed by atoms with Gasteiger partial charge in [0.25, 0.3) is 0 Å². The molecule has 0 atom stereocenters. The molecule has 1 aromatic heterocycles. The van der Waals surface area contributed by atoms with Crippen molar-refractivity contribution < 1.29 is 13.9 Å². The van der Waals surface area contributed by atoms with Crippen LogP contribution in [0.5, 0.6) is 5.75 Å². The molecule has 1 heterocycles. The van der Waals surface area contributed by atoms with Crippen LogP contribution in [-0.4, -0.2) is 17.0 Å². The molecule has 3 nitrogen and oxygen atoms in total. The number of nitrogens with zero attached hydrogens (tertiary/aromatic N) is 1. The van der Waals surface area contributed by atoms with Crippen LogP contribution in [0.15, 0.2) is 28.7 Å². The minimum Gasteiger partial charge on any atom is -0.482 e. The molecule has 2 aromatic rings. The van der Waals surface area contributed by atoms with Gasteiger partial charge in [0.1, 0.15) is 0 Å². The number of Topliss-reactive ketones (excluding diaryl/α,β-unsaturated/α-hetero) is 1. The molecule has 0 radical (unpaired) electrons. The highest BCUT2D eigenvalue weighted by atomic mass is 79.9. The van der Waals surface area contributed by atoms with Crippen LogP contribution in [0.25, 0.3) is 0 Å². The molecule has 0 saturated heterocycles. The van der Waals surface area contributed by atoms with Crippen LogP contribution in [0.2, 0.25) is 0 Å². The molecule has 0 amide bonds. The lowest BCUT2D eigenvalue weighted by Crippen LogP contribution is -2.13. The summed E-state index contributed by atoms with van der Waals surface area (Å²) in [6, 6.07) is 6.33. The molecule has 0 unspecified atom stereocenters. The average molecular weight is 354 g/mol. The molecule has 1 aromatic carbocycles. The number of aryl methyl sites for hydroxylation is 1. The van der Waals surface area contributed by atoms with Gasteiger partial charge in [0.05, 0.1) is 0 Å². The molecule has 2 rings (SSSR count). The summed E-state index contributed by atoms with van der Waals surface area (Å²) in [5.41, 5.74) is 2.58. The van der Waals surface area contributed by atoms with Crippen molar-refractivity contribution >= 4 is 21.7 Å². The highest BCUT2D eigenvalue weighted by molar-refractivity contribution is 9.10. The number of hydrogen-bond donors (Lipinski definition) is 0. The summed E-state index contributed by atoms with van der Waals surface area (Å²) in [5, 5.41) is 0. The van der Waals surface area contributed by atoms with E-state index < -0.39 is 5.82 Å². The minimum atomic E-state index is -0.490. The van der Waals surface area contributed by atoms with Gasteiger partial charge in [0.2, 0.25) is 5.78 Å². The van der Waals surface area contributed by atoms with Crippen molar-refractivity contribution in [3.8, 4) is 5.75 Å². The molecule has 0 aliphatic carbocycles. The van der Waals surface area contributed by atoms with Crippen molar-refractivity contribution in [2.75, 3.05) is 6.61 Å². The Balaban J connectivity index is 2.12. The van der Waals surface area contributed by atoms with Crippen LogP contribution in [0.4, 0.5) is 4.39 Å². The second-order valence-electron chi connectivity index (χ2n) is 4.82. The smallest absolute Gasteiger partial charge is 0.202 e. The summed E-state index contributed by atoms with van der Waals surface area (Å²) in [7, 11) is 0. The molecule has 0 fully saturated rings. The monoisotopic (exact) mass is 353 g/mol. The molecule has 112 valence electrons. The lowest BCUT2D eigenvalue weighted by Gasteiger charge is -2.08. The van der Waals surface area contributed by atoms with Crippen molar-refractivity contribution in [3.63, 3.8) is 0 Å². The van der Waals surface area contributed by atoms with Gasteiger partial charge >= 0.3 is 0 Å². The van der Waals surface area contributed by atoms with E-state index in [1.54, 1.807) is 6.07 Å². The fraction of sp³-hybridized carbons (Fsp3) is 0.312. The first-order chi connectivity index (χ1) is 9.93. The quantitative estimate of drug-likeness (QED) is 0.750. The molecule has 0 aliphatic rings. The zero-order valence-electron chi connectivity index (χ0n) is 12.2. The van der Waals surface area contributed by atoms with E-state index >= 15 is 0 Å². The van der Waals surface area contributed by atoms with Crippen LogP contribution in [0.1, 0.15) is 28.7 Å². The Morgan fingerprint density at radius 2 is 2.05 bits per heavy atom. The van der Waals surface area contributed by atoms with Crippen LogP contribution in [0, 0.1) is 19.7 Å². The van der Waals surface area contributed by atoms with E-state index in [4.69, 9.17) is 4.74 Å². The Morgan fingerprint density at radius 3 is 2.62 bits per heavy atom. The average Bonchev–Trinajstić information content (AvgIpc) is 2.72. The van der Waals surface area contributed by atoms with E-state index in [0.29, 0.717) is 10.0 Å².